The Kier molecular flexibility index (Phi) is 5.23. The molecular weight excluding hydrogens is 260 g/mol. The van der Waals surface area contributed by atoms with Crippen molar-refractivity contribution >= 4 is 9.84 Å². The molecular formula is C14H22N2O2S. The number of hydrogen-bond acceptors (Lipinski definition) is 4. The Hall–Kier alpha value is -1.23. The minimum atomic E-state index is -3.51. The summed E-state index contributed by atoms with van der Waals surface area (Å²) in [6.45, 7) is 7.37. The van der Waals surface area contributed by atoms with Gasteiger partial charge in [-0.3, -0.25) is 0 Å². The molecule has 4 nitrogen and oxygen atoms in total. The molecule has 0 saturated carbocycles. The molecule has 106 valence electrons. The monoisotopic (exact) mass is 282 g/mol. The lowest BCUT2D eigenvalue weighted by molar-refractivity contribution is 0.499. The molecule has 0 aliphatic rings. The van der Waals surface area contributed by atoms with Gasteiger partial charge in [-0.2, -0.15) is 10.2 Å². The smallest absolute Gasteiger partial charge is 0.205 e. The van der Waals surface area contributed by atoms with Crippen LogP contribution in [0.5, 0.6) is 0 Å². The predicted molar refractivity (Wildman–Crippen MR) is 76.9 cm³/mol. The zero-order valence-corrected chi connectivity index (χ0v) is 12.8. The number of benzene rings is 1. The van der Waals surface area contributed by atoms with Gasteiger partial charge in [0.2, 0.25) is 9.84 Å². The maximum Gasteiger partial charge on any atom is 0.205 e. The van der Waals surface area contributed by atoms with Crippen molar-refractivity contribution in [3.8, 4) is 0 Å². The summed E-state index contributed by atoms with van der Waals surface area (Å²) in [6.07, 6.45) is 1.23. The summed E-state index contributed by atoms with van der Waals surface area (Å²) >= 11 is 0. The van der Waals surface area contributed by atoms with Gasteiger partial charge < -0.3 is 0 Å². The average molecular weight is 282 g/mol. The normalized spacial score (nSPS) is 17.3. The molecule has 1 aromatic rings. The van der Waals surface area contributed by atoms with Gasteiger partial charge in [0.1, 0.15) is 0 Å². The van der Waals surface area contributed by atoms with Crippen LogP contribution in [0.4, 0.5) is 0 Å². The van der Waals surface area contributed by atoms with Crippen LogP contribution in [-0.4, -0.2) is 19.3 Å². The first kappa shape index (κ1) is 15.8. The van der Waals surface area contributed by atoms with E-state index < -0.39 is 14.7 Å². The lowest BCUT2D eigenvalue weighted by Gasteiger charge is -2.23. The van der Waals surface area contributed by atoms with Crippen molar-refractivity contribution in [2.45, 2.75) is 56.3 Å². The van der Waals surface area contributed by atoms with E-state index in [1.807, 2.05) is 20.8 Å². The first-order valence-electron chi connectivity index (χ1n) is 6.59. The van der Waals surface area contributed by atoms with Crippen molar-refractivity contribution in [2.75, 3.05) is 0 Å². The van der Waals surface area contributed by atoms with Crippen LogP contribution in [0.2, 0.25) is 0 Å². The molecule has 0 saturated heterocycles. The van der Waals surface area contributed by atoms with Crippen molar-refractivity contribution in [3.63, 3.8) is 0 Å². The molecule has 0 fully saturated rings. The maximum atomic E-state index is 12.6. The quantitative estimate of drug-likeness (QED) is 0.744. The molecule has 0 N–H and O–H groups in total. The van der Waals surface area contributed by atoms with Gasteiger partial charge in [0.05, 0.1) is 10.9 Å². The van der Waals surface area contributed by atoms with E-state index in [-0.39, 0.29) is 6.04 Å². The highest BCUT2D eigenvalue weighted by molar-refractivity contribution is 7.92. The van der Waals surface area contributed by atoms with Crippen LogP contribution in [0.25, 0.3) is 0 Å². The Bertz CT molecular complexity index is 526. The summed E-state index contributed by atoms with van der Waals surface area (Å²) in [7, 11) is -3.51. The standard InChI is InChI=1S/C14H22N2O2S/c1-5-12(3)15-16-14(4,6-2)19(17,18)13-10-8-7-9-11-13/h7-12H,5-6H2,1-4H3. The van der Waals surface area contributed by atoms with Crippen LogP contribution in [0.15, 0.2) is 45.5 Å². The van der Waals surface area contributed by atoms with Gasteiger partial charge >= 0.3 is 0 Å². The van der Waals surface area contributed by atoms with Crippen LogP contribution < -0.4 is 0 Å². The molecule has 0 aliphatic heterocycles. The molecule has 0 heterocycles. The molecule has 2 unspecified atom stereocenters. The first-order chi connectivity index (χ1) is 8.87. The lowest BCUT2D eigenvalue weighted by Crippen LogP contribution is -2.32. The second-order valence-corrected chi connectivity index (χ2v) is 7.18. The van der Waals surface area contributed by atoms with Gasteiger partial charge in [-0.25, -0.2) is 8.42 Å². The van der Waals surface area contributed by atoms with Crippen molar-refractivity contribution in [1.29, 1.82) is 0 Å². The fourth-order valence-corrected chi connectivity index (χ4v) is 3.03. The Morgan fingerprint density at radius 1 is 1.21 bits per heavy atom. The molecule has 0 bridgehead atoms. The Morgan fingerprint density at radius 2 is 1.79 bits per heavy atom. The zero-order valence-electron chi connectivity index (χ0n) is 12.0. The average Bonchev–Trinajstić information content (AvgIpc) is 2.44. The second-order valence-electron chi connectivity index (χ2n) is 4.82. The molecule has 0 aromatic heterocycles. The van der Waals surface area contributed by atoms with E-state index in [9.17, 15) is 8.42 Å². The van der Waals surface area contributed by atoms with Crippen molar-refractivity contribution in [1.82, 2.24) is 0 Å². The minimum absolute atomic E-state index is 0.0387. The number of hydrogen-bond donors (Lipinski definition) is 0. The molecule has 2 atom stereocenters. The highest BCUT2D eigenvalue weighted by Gasteiger charge is 2.39. The summed E-state index contributed by atoms with van der Waals surface area (Å²) in [5.74, 6) is 0. The number of sulfone groups is 1. The number of rotatable bonds is 6. The largest absolute Gasteiger partial charge is 0.221 e. The van der Waals surface area contributed by atoms with Gasteiger partial charge in [-0.05, 0) is 38.8 Å². The molecule has 0 aliphatic carbocycles. The summed E-state index contributed by atoms with van der Waals surface area (Å²) in [6, 6.07) is 8.47. The van der Waals surface area contributed by atoms with Crippen LogP contribution in [0, 0.1) is 0 Å². The van der Waals surface area contributed by atoms with Gasteiger partial charge in [0.15, 0.2) is 4.87 Å². The third kappa shape index (κ3) is 3.41. The van der Waals surface area contributed by atoms with E-state index in [4.69, 9.17) is 0 Å². The Labute approximate surface area is 115 Å². The van der Waals surface area contributed by atoms with E-state index in [1.165, 1.54) is 0 Å². The predicted octanol–water partition coefficient (Wildman–Crippen LogP) is 3.84. The van der Waals surface area contributed by atoms with Crippen LogP contribution in [-0.2, 0) is 9.84 Å². The summed E-state index contributed by atoms with van der Waals surface area (Å²) in [5, 5.41) is 8.25. The molecule has 0 radical (unpaired) electrons. The van der Waals surface area contributed by atoms with E-state index in [0.717, 1.165) is 6.42 Å². The first-order valence-corrected chi connectivity index (χ1v) is 8.07. The van der Waals surface area contributed by atoms with Crippen LogP contribution in [0.3, 0.4) is 0 Å². The van der Waals surface area contributed by atoms with Crippen molar-refractivity contribution in [3.05, 3.63) is 30.3 Å². The highest BCUT2D eigenvalue weighted by Crippen LogP contribution is 2.30. The van der Waals surface area contributed by atoms with E-state index >= 15 is 0 Å². The molecule has 5 heteroatoms. The third-order valence-corrected chi connectivity index (χ3v) is 5.77. The summed E-state index contributed by atoms with van der Waals surface area (Å²) in [4.78, 5) is -0.903. The highest BCUT2D eigenvalue weighted by atomic mass is 32.2. The fourth-order valence-electron chi connectivity index (χ4n) is 1.47. The minimum Gasteiger partial charge on any atom is -0.221 e. The lowest BCUT2D eigenvalue weighted by atomic mass is 10.2. The third-order valence-electron chi connectivity index (χ3n) is 3.35. The molecule has 0 amide bonds. The van der Waals surface area contributed by atoms with Crippen molar-refractivity contribution < 1.29 is 8.42 Å². The van der Waals surface area contributed by atoms with Gasteiger partial charge in [-0.1, -0.05) is 32.0 Å². The van der Waals surface area contributed by atoms with Crippen molar-refractivity contribution in [2.24, 2.45) is 10.2 Å². The second kappa shape index (κ2) is 6.28. The molecule has 0 spiro atoms. The summed E-state index contributed by atoms with van der Waals surface area (Å²) in [5.41, 5.74) is 0. The van der Waals surface area contributed by atoms with E-state index in [2.05, 4.69) is 10.2 Å². The van der Waals surface area contributed by atoms with Crippen LogP contribution >= 0.6 is 0 Å². The van der Waals surface area contributed by atoms with Crippen LogP contribution in [0.1, 0.15) is 40.5 Å². The van der Waals surface area contributed by atoms with E-state index in [0.29, 0.717) is 11.3 Å². The van der Waals surface area contributed by atoms with Gasteiger partial charge in [0, 0.05) is 0 Å². The summed E-state index contributed by atoms with van der Waals surface area (Å²) < 4.78 is 25.3. The molecule has 19 heavy (non-hydrogen) atoms. The Morgan fingerprint density at radius 3 is 2.26 bits per heavy atom. The SMILES string of the molecule is CCC(C)N=NC(C)(CC)S(=O)(=O)c1ccccc1. The van der Waals surface area contributed by atoms with Gasteiger partial charge in [0.25, 0.3) is 0 Å². The number of nitrogens with zero attached hydrogens (tertiary/aromatic N) is 2. The molecule has 1 rings (SSSR count). The fraction of sp³-hybridized carbons (Fsp3) is 0.571. The van der Waals surface area contributed by atoms with E-state index in [1.54, 1.807) is 37.3 Å². The topological polar surface area (TPSA) is 58.9 Å². The Balaban J connectivity index is 3.18. The zero-order chi connectivity index (χ0) is 14.5. The van der Waals surface area contributed by atoms with Gasteiger partial charge in [-0.15, -0.1) is 0 Å². The number of azo groups is 1. The maximum absolute atomic E-state index is 12.6. The molecule has 1 aromatic carbocycles.